The summed E-state index contributed by atoms with van der Waals surface area (Å²) >= 11 is 0. The fraction of sp³-hybridized carbons (Fsp3) is 0.538. The van der Waals surface area contributed by atoms with Gasteiger partial charge in [-0.1, -0.05) is 6.07 Å². The monoisotopic (exact) mass is 240 g/mol. The van der Waals surface area contributed by atoms with Crippen LogP contribution in [-0.2, 0) is 0 Å². The highest BCUT2D eigenvalue weighted by Gasteiger charge is 2.49. The molecule has 0 radical (unpaired) electrons. The van der Waals surface area contributed by atoms with E-state index in [1.165, 1.54) is 12.1 Å². The summed E-state index contributed by atoms with van der Waals surface area (Å²) in [6.45, 7) is 0.578. The summed E-state index contributed by atoms with van der Waals surface area (Å²) in [6.07, 6.45) is 2.09. The Balaban J connectivity index is 2.36. The molecule has 1 aromatic carbocycles. The maximum Gasteiger partial charge on any atom is 0.159 e. The van der Waals surface area contributed by atoms with Gasteiger partial charge < -0.3 is 10.6 Å². The molecule has 2 N–H and O–H groups in total. The number of nitrogens with two attached hydrogens (primary N) is 1. The first kappa shape index (κ1) is 12.5. The minimum Gasteiger partial charge on any atom is -0.330 e. The van der Waals surface area contributed by atoms with Gasteiger partial charge in [0.1, 0.15) is 0 Å². The van der Waals surface area contributed by atoms with Crippen molar-refractivity contribution >= 4 is 0 Å². The summed E-state index contributed by atoms with van der Waals surface area (Å²) < 4.78 is 26.2. The summed E-state index contributed by atoms with van der Waals surface area (Å²) in [6, 6.07) is 4.19. The molecule has 0 saturated heterocycles. The lowest BCUT2D eigenvalue weighted by molar-refractivity contribution is 0.198. The fourth-order valence-corrected chi connectivity index (χ4v) is 2.63. The molecule has 17 heavy (non-hydrogen) atoms. The second-order valence-electron chi connectivity index (χ2n) is 5.11. The van der Waals surface area contributed by atoms with Crippen LogP contribution >= 0.6 is 0 Å². The molecule has 1 aromatic rings. The summed E-state index contributed by atoms with van der Waals surface area (Å²) in [4.78, 5) is 2.03. The van der Waals surface area contributed by atoms with E-state index in [4.69, 9.17) is 5.73 Å². The van der Waals surface area contributed by atoms with E-state index in [0.717, 1.165) is 18.4 Å². The lowest BCUT2D eigenvalue weighted by Gasteiger charge is -2.32. The number of nitrogens with zero attached hydrogens (tertiary/aromatic N) is 1. The lowest BCUT2D eigenvalue weighted by atomic mass is 9.89. The molecule has 1 atom stereocenters. The maximum atomic E-state index is 13.3. The first-order chi connectivity index (χ1) is 8.00. The van der Waals surface area contributed by atoms with Crippen molar-refractivity contribution in [1.82, 2.24) is 4.90 Å². The lowest BCUT2D eigenvalue weighted by Crippen LogP contribution is -2.33. The van der Waals surface area contributed by atoms with Gasteiger partial charge >= 0.3 is 0 Å². The van der Waals surface area contributed by atoms with Crippen LogP contribution in [0, 0.1) is 17.0 Å². The molecular weight excluding hydrogens is 222 g/mol. The molecule has 0 spiro atoms. The van der Waals surface area contributed by atoms with E-state index in [9.17, 15) is 8.78 Å². The van der Waals surface area contributed by atoms with E-state index in [2.05, 4.69) is 0 Å². The van der Waals surface area contributed by atoms with Crippen LogP contribution in [-0.4, -0.2) is 25.5 Å². The van der Waals surface area contributed by atoms with Gasteiger partial charge in [0.05, 0.1) is 0 Å². The van der Waals surface area contributed by atoms with Gasteiger partial charge in [-0.25, -0.2) is 8.78 Å². The molecule has 1 fully saturated rings. The molecule has 1 aliphatic rings. The average Bonchev–Trinajstić information content (AvgIpc) is 3.04. The molecule has 4 heteroatoms. The second-order valence-corrected chi connectivity index (χ2v) is 5.11. The van der Waals surface area contributed by atoms with E-state index in [1.807, 2.05) is 19.0 Å². The fourth-order valence-electron chi connectivity index (χ4n) is 2.63. The zero-order chi connectivity index (χ0) is 12.6. The third-order valence-corrected chi connectivity index (χ3v) is 3.65. The molecule has 94 valence electrons. The zero-order valence-corrected chi connectivity index (χ0v) is 10.2. The van der Waals surface area contributed by atoms with Crippen LogP contribution in [0.1, 0.15) is 24.4 Å². The zero-order valence-electron chi connectivity index (χ0n) is 10.2. The standard InChI is InChI=1S/C13H18F2N2/c1-17(2)12(13(8-16)5-6-13)9-3-4-10(14)11(15)7-9/h3-4,7,12H,5-6,8,16H2,1-2H3. The SMILES string of the molecule is CN(C)C(c1ccc(F)c(F)c1)C1(CN)CC1. The van der Waals surface area contributed by atoms with Crippen molar-refractivity contribution in [3.8, 4) is 0 Å². The van der Waals surface area contributed by atoms with E-state index < -0.39 is 11.6 Å². The first-order valence-electron chi connectivity index (χ1n) is 5.81. The molecule has 1 unspecified atom stereocenters. The molecule has 1 aliphatic carbocycles. The Labute approximate surface area is 100 Å². The summed E-state index contributed by atoms with van der Waals surface area (Å²) in [5.74, 6) is -1.59. The molecule has 2 nitrogen and oxygen atoms in total. The highest BCUT2D eigenvalue weighted by Crippen LogP contribution is 2.55. The molecular formula is C13H18F2N2. The third kappa shape index (κ3) is 2.19. The Morgan fingerprint density at radius 3 is 2.35 bits per heavy atom. The Hall–Kier alpha value is -1.00. The van der Waals surface area contributed by atoms with Crippen LogP contribution in [0.2, 0.25) is 0 Å². The average molecular weight is 240 g/mol. The maximum absolute atomic E-state index is 13.3. The quantitative estimate of drug-likeness (QED) is 0.875. The highest BCUT2D eigenvalue weighted by atomic mass is 19.2. The molecule has 0 aromatic heterocycles. The van der Waals surface area contributed by atoms with Crippen LogP contribution in [0.5, 0.6) is 0 Å². The van der Waals surface area contributed by atoms with E-state index in [1.54, 1.807) is 6.07 Å². The van der Waals surface area contributed by atoms with Crippen molar-refractivity contribution in [3.05, 3.63) is 35.4 Å². The van der Waals surface area contributed by atoms with Crippen molar-refractivity contribution in [2.24, 2.45) is 11.1 Å². The number of rotatable bonds is 4. The molecule has 1 saturated carbocycles. The predicted molar refractivity (Wildman–Crippen MR) is 63.5 cm³/mol. The van der Waals surface area contributed by atoms with Gasteiger partial charge in [-0.3, -0.25) is 0 Å². The summed E-state index contributed by atoms with van der Waals surface area (Å²) in [5.41, 5.74) is 6.66. The smallest absolute Gasteiger partial charge is 0.159 e. The van der Waals surface area contributed by atoms with Crippen molar-refractivity contribution in [3.63, 3.8) is 0 Å². The summed E-state index contributed by atoms with van der Waals surface area (Å²) in [7, 11) is 3.89. The largest absolute Gasteiger partial charge is 0.330 e. The minimum atomic E-state index is -0.802. The number of hydrogen-bond acceptors (Lipinski definition) is 2. The van der Waals surface area contributed by atoms with Gasteiger partial charge in [0.15, 0.2) is 11.6 Å². The Kier molecular flexibility index (Phi) is 3.19. The highest BCUT2D eigenvalue weighted by molar-refractivity contribution is 5.26. The van der Waals surface area contributed by atoms with E-state index >= 15 is 0 Å². The third-order valence-electron chi connectivity index (χ3n) is 3.65. The molecule has 0 bridgehead atoms. The van der Waals surface area contributed by atoms with Crippen molar-refractivity contribution in [2.75, 3.05) is 20.6 Å². The Bertz CT molecular complexity index is 414. The van der Waals surface area contributed by atoms with Crippen molar-refractivity contribution in [2.45, 2.75) is 18.9 Å². The minimum absolute atomic E-state index is 0.0355. The second kappa shape index (κ2) is 4.35. The van der Waals surface area contributed by atoms with Gasteiger partial charge in [-0.2, -0.15) is 0 Å². The van der Waals surface area contributed by atoms with E-state index in [-0.39, 0.29) is 11.5 Å². The molecule has 0 aliphatic heterocycles. The first-order valence-corrected chi connectivity index (χ1v) is 5.81. The van der Waals surface area contributed by atoms with Gasteiger partial charge in [0.25, 0.3) is 0 Å². The van der Waals surface area contributed by atoms with Crippen LogP contribution in [0.3, 0.4) is 0 Å². The topological polar surface area (TPSA) is 29.3 Å². The van der Waals surface area contributed by atoms with Crippen molar-refractivity contribution < 1.29 is 8.78 Å². The molecule has 0 amide bonds. The number of benzene rings is 1. The normalized spacial score (nSPS) is 19.4. The molecule has 2 rings (SSSR count). The predicted octanol–water partition coefficient (Wildman–Crippen LogP) is 2.31. The molecule has 0 heterocycles. The van der Waals surface area contributed by atoms with Gasteiger partial charge in [0, 0.05) is 11.5 Å². The van der Waals surface area contributed by atoms with E-state index in [0.29, 0.717) is 6.54 Å². The van der Waals surface area contributed by atoms with Gasteiger partial charge in [0.2, 0.25) is 0 Å². The van der Waals surface area contributed by atoms with Gasteiger partial charge in [-0.05, 0) is 51.2 Å². The van der Waals surface area contributed by atoms with Crippen LogP contribution in [0.25, 0.3) is 0 Å². The Morgan fingerprint density at radius 1 is 1.29 bits per heavy atom. The number of halogens is 2. The Morgan fingerprint density at radius 2 is 1.94 bits per heavy atom. The number of hydrogen-bond donors (Lipinski definition) is 1. The van der Waals surface area contributed by atoms with Crippen LogP contribution in [0.15, 0.2) is 18.2 Å². The van der Waals surface area contributed by atoms with Crippen molar-refractivity contribution in [1.29, 1.82) is 0 Å². The summed E-state index contributed by atoms with van der Waals surface area (Å²) in [5, 5.41) is 0. The van der Waals surface area contributed by atoms with Crippen LogP contribution < -0.4 is 5.73 Å². The van der Waals surface area contributed by atoms with Gasteiger partial charge in [-0.15, -0.1) is 0 Å². The van der Waals surface area contributed by atoms with Crippen LogP contribution in [0.4, 0.5) is 8.78 Å².